The van der Waals surface area contributed by atoms with Crippen LogP contribution in [0.15, 0.2) is 24.3 Å². The molecule has 100 valence electrons. The predicted molar refractivity (Wildman–Crippen MR) is 70.3 cm³/mol. The average molecular weight is 261 g/mol. The molecule has 0 bridgehead atoms. The van der Waals surface area contributed by atoms with Crippen LogP contribution in [-0.4, -0.2) is 21.3 Å². The highest BCUT2D eigenvalue weighted by atomic mass is 19.1. The lowest BCUT2D eigenvalue weighted by atomic mass is 10.1. The van der Waals surface area contributed by atoms with E-state index in [1.54, 1.807) is 16.8 Å². The van der Waals surface area contributed by atoms with Crippen LogP contribution in [0, 0.1) is 5.82 Å². The fourth-order valence-corrected chi connectivity index (χ4v) is 2.01. The van der Waals surface area contributed by atoms with Crippen LogP contribution >= 0.6 is 0 Å². The van der Waals surface area contributed by atoms with Crippen molar-refractivity contribution in [1.82, 2.24) is 15.0 Å². The van der Waals surface area contributed by atoms with Gasteiger partial charge in [0.1, 0.15) is 5.82 Å². The van der Waals surface area contributed by atoms with Gasteiger partial charge in [0.15, 0.2) is 12.0 Å². The number of halogens is 1. The lowest BCUT2D eigenvalue weighted by Crippen LogP contribution is -2.03. The lowest BCUT2D eigenvalue weighted by Gasteiger charge is -2.06. The van der Waals surface area contributed by atoms with Gasteiger partial charge in [-0.2, -0.15) is 0 Å². The van der Waals surface area contributed by atoms with Gasteiger partial charge in [-0.15, -0.1) is 5.10 Å². The molecule has 0 N–H and O–H groups in total. The Bertz CT molecular complexity index is 566. The summed E-state index contributed by atoms with van der Waals surface area (Å²) in [7, 11) is 0. The molecule has 0 saturated carbocycles. The standard InChI is InChI=1S/C14H16FN3O/c1-2-3-4-8-18-14(13(10-19)16-17-18)11-6-5-7-12(15)9-11/h5-7,9-10H,2-4,8H2,1H3. The van der Waals surface area contributed by atoms with E-state index in [1.807, 2.05) is 0 Å². The smallest absolute Gasteiger partial charge is 0.172 e. The molecule has 0 amide bonds. The third kappa shape index (κ3) is 3.05. The second-order valence-electron chi connectivity index (χ2n) is 4.38. The molecule has 0 aliphatic rings. The number of aldehydes is 1. The molecule has 0 saturated heterocycles. The summed E-state index contributed by atoms with van der Waals surface area (Å²) in [5, 5.41) is 7.82. The Labute approximate surface area is 111 Å². The number of unbranched alkanes of at least 4 members (excludes halogenated alkanes) is 2. The second-order valence-corrected chi connectivity index (χ2v) is 4.38. The van der Waals surface area contributed by atoms with Gasteiger partial charge in [0.05, 0.1) is 5.69 Å². The van der Waals surface area contributed by atoms with Gasteiger partial charge in [-0.05, 0) is 18.6 Å². The molecule has 0 spiro atoms. The number of rotatable bonds is 6. The Kier molecular flexibility index (Phi) is 4.39. The van der Waals surface area contributed by atoms with Crippen molar-refractivity contribution in [2.45, 2.75) is 32.7 Å². The van der Waals surface area contributed by atoms with Crippen LogP contribution in [0.4, 0.5) is 4.39 Å². The summed E-state index contributed by atoms with van der Waals surface area (Å²) in [6, 6.07) is 6.13. The van der Waals surface area contributed by atoms with Gasteiger partial charge in [-0.1, -0.05) is 37.1 Å². The minimum absolute atomic E-state index is 0.252. The van der Waals surface area contributed by atoms with Gasteiger partial charge in [0.25, 0.3) is 0 Å². The Hall–Kier alpha value is -2.04. The first-order valence-corrected chi connectivity index (χ1v) is 6.41. The number of hydrogen-bond donors (Lipinski definition) is 0. The van der Waals surface area contributed by atoms with Crippen molar-refractivity contribution in [3.63, 3.8) is 0 Å². The molecule has 0 atom stereocenters. The van der Waals surface area contributed by atoms with Crippen molar-refractivity contribution in [3.05, 3.63) is 35.8 Å². The predicted octanol–water partition coefficient (Wildman–Crippen LogP) is 3.09. The SMILES string of the molecule is CCCCCn1nnc(C=O)c1-c1cccc(F)c1. The zero-order chi connectivity index (χ0) is 13.7. The zero-order valence-electron chi connectivity index (χ0n) is 10.8. The van der Waals surface area contributed by atoms with Crippen molar-refractivity contribution < 1.29 is 9.18 Å². The van der Waals surface area contributed by atoms with E-state index in [9.17, 15) is 9.18 Å². The number of aromatic nitrogens is 3. The second kappa shape index (κ2) is 6.22. The van der Waals surface area contributed by atoms with Crippen LogP contribution in [0.3, 0.4) is 0 Å². The van der Waals surface area contributed by atoms with Crippen LogP contribution in [0.2, 0.25) is 0 Å². The topological polar surface area (TPSA) is 47.8 Å². The molecule has 0 radical (unpaired) electrons. The quantitative estimate of drug-likeness (QED) is 0.593. The largest absolute Gasteiger partial charge is 0.296 e. The minimum atomic E-state index is -0.337. The number of hydrogen-bond acceptors (Lipinski definition) is 3. The summed E-state index contributed by atoms with van der Waals surface area (Å²) in [6.07, 6.45) is 3.80. The molecule has 1 aromatic carbocycles. The highest BCUT2D eigenvalue weighted by Gasteiger charge is 2.14. The molecular formula is C14H16FN3O. The lowest BCUT2D eigenvalue weighted by molar-refractivity contribution is 0.111. The van der Waals surface area contributed by atoms with Gasteiger partial charge in [-0.3, -0.25) is 4.79 Å². The van der Waals surface area contributed by atoms with Gasteiger partial charge < -0.3 is 0 Å². The van der Waals surface area contributed by atoms with Gasteiger partial charge in [0, 0.05) is 12.1 Å². The third-order valence-electron chi connectivity index (χ3n) is 2.94. The number of benzene rings is 1. The molecule has 19 heavy (non-hydrogen) atoms. The van der Waals surface area contributed by atoms with E-state index in [1.165, 1.54) is 12.1 Å². The van der Waals surface area contributed by atoms with Crippen LogP contribution in [0.1, 0.15) is 36.7 Å². The van der Waals surface area contributed by atoms with Crippen LogP contribution in [-0.2, 0) is 6.54 Å². The first kappa shape index (κ1) is 13.4. The highest BCUT2D eigenvalue weighted by Crippen LogP contribution is 2.22. The minimum Gasteiger partial charge on any atom is -0.296 e. The summed E-state index contributed by atoms with van der Waals surface area (Å²) in [4.78, 5) is 11.0. The van der Waals surface area contributed by atoms with E-state index in [-0.39, 0.29) is 11.5 Å². The molecule has 0 unspecified atom stereocenters. The fourth-order valence-electron chi connectivity index (χ4n) is 2.01. The number of carbonyl (C=O) groups excluding carboxylic acids is 1. The van der Waals surface area contributed by atoms with Crippen LogP contribution in [0.5, 0.6) is 0 Å². The number of aryl methyl sites for hydroxylation is 1. The fraction of sp³-hybridized carbons (Fsp3) is 0.357. The first-order valence-electron chi connectivity index (χ1n) is 6.41. The summed E-state index contributed by atoms with van der Waals surface area (Å²) >= 11 is 0. The zero-order valence-corrected chi connectivity index (χ0v) is 10.8. The monoisotopic (exact) mass is 261 g/mol. The summed E-state index contributed by atoms with van der Waals surface area (Å²) < 4.78 is 15.0. The van der Waals surface area contributed by atoms with Crippen molar-refractivity contribution >= 4 is 6.29 Å². The molecule has 2 rings (SSSR count). The first-order chi connectivity index (χ1) is 9.26. The van der Waals surface area contributed by atoms with Gasteiger partial charge in [-0.25, -0.2) is 9.07 Å². The third-order valence-corrected chi connectivity index (χ3v) is 2.94. The molecule has 0 aliphatic carbocycles. The van der Waals surface area contributed by atoms with E-state index in [4.69, 9.17) is 0 Å². The molecule has 4 nitrogen and oxygen atoms in total. The van der Waals surface area contributed by atoms with Crippen molar-refractivity contribution in [2.75, 3.05) is 0 Å². The van der Waals surface area contributed by atoms with E-state index in [0.29, 0.717) is 24.1 Å². The Morgan fingerprint density at radius 3 is 2.89 bits per heavy atom. The molecule has 0 aliphatic heterocycles. The van der Waals surface area contributed by atoms with Gasteiger partial charge in [0.2, 0.25) is 0 Å². The van der Waals surface area contributed by atoms with Gasteiger partial charge >= 0.3 is 0 Å². The maximum Gasteiger partial charge on any atom is 0.172 e. The number of carbonyl (C=O) groups is 1. The highest BCUT2D eigenvalue weighted by molar-refractivity contribution is 5.83. The Morgan fingerprint density at radius 2 is 2.21 bits per heavy atom. The molecule has 1 heterocycles. The van der Waals surface area contributed by atoms with E-state index < -0.39 is 0 Å². The maximum atomic E-state index is 13.3. The number of nitrogens with zero attached hydrogens (tertiary/aromatic N) is 3. The molecule has 1 aromatic heterocycles. The van der Waals surface area contributed by atoms with Crippen LogP contribution in [0.25, 0.3) is 11.3 Å². The van der Waals surface area contributed by atoms with Crippen molar-refractivity contribution in [3.8, 4) is 11.3 Å². The normalized spacial score (nSPS) is 10.6. The van der Waals surface area contributed by atoms with E-state index >= 15 is 0 Å². The van der Waals surface area contributed by atoms with Crippen LogP contribution < -0.4 is 0 Å². The maximum absolute atomic E-state index is 13.3. The molecule has 2 aromatic rings. The summed E-state index contributed by atoms with van der Waals surface area (Å²) in [5.74, 6) is -0.337. The molecule has 5 heteroatoms. The summed E-state index contributed by atoms with van der Waals surface area (Å²) in [6.45, 7) is 2.80. The average Bonchev–Trinajstić information content (AvgIpc) is 2.82. The van der Waals surface area contributed by atoms with E-state index in [2.05, 4.69) is 17.2 Å². The Morgan fingerprint density at radius 1 is 1.37 bits per heavy atom. The van der Waals surface area contributed by atoms with Crippen molar-refractivity contribution in [1.29, 1.82) is 0 Å². The molecular weight excluding hydrogens is 245 g/mol. The van der Waals surface area contributed by atoms with E-state index in [0.717, 1.165) is 19.3 Å². The molecule has 0 fully saturated rings. The summed E-state index contributed by atoms with van der Waals surface area (Å²) in [5.41, 5.74) is 1.47. The van der Waals surface area contributed by atoms with Crippen molar-refractivity contribution in [2.24, 2.45) is 0 Å². The Balaban J connectivity index is 2.36.